The number of esters is 1. The van der Waals surface area contributed by atoms with Crippen molar-refractivity contribution in [2.24, 2.45) is 0 Å². The van der Waals surface area contributed by atoms with Gasteiger partial charge in [0.05, 0.1) is 26.5 Å². The van der Waals surface area contributed by atoms with Gasteiger partial charge in [0.1, 0.15) is 11.3 Å². The highest BCUT2D eigenvalue weighted by molar-refractivity contribution is 5.97. The first-order chi connectivity index (χ1) is 15.2. The van der Waals surface area contributed by atoms with Gasteiger partial charge >= 0.3 is 12.6 Å². The molecule has 2 amide bonds. The molecule has 0 fully saturated rings. The minimum Gasteiger partial charge on any atom is -0.495 e. The number of carbonyl (C=O) groups excluding carboxylic acids is 3. The van der Waals surface area contributed by atoms with Crippen molar-refractivity contribution in [1.82, 2.24) is 5.32 Å². The van der Waals surface area contributed by atoms with Gasteiger partial charge in [-0.05, 0) is 36.8 Å². The maximum Gasteiger partial charge on any atom is 0.387 e. The Morgan fingerprint density at radius 2 is 1.72 bits per heavy atom. The van der Waals surface area contributed by atoms with Crippen LogP contribution in [0.2, 0.25) is 0 Å². The number of carbonyl (C=O) groups is 3. The highest BCUT2D eigenvalue weighted by atomic mass is 19.3. The third-order valence-corrected chi connectivity index (χ3v) is 4.04. The number of hydrogen-bond acceptors (Lipinski definition) is 7. The summed E-state index contributed by atoms with van der Waals surface area (Å²) in [7, 11) is 2.67. The van der Waals surface area contributed by atoms with Crippen molar-refractivity contribution in [2.75, 3.05) is 32.7 Å². The van der Waals surface area contributed by atoms with Crippen molar-refractivity contribution in [1.29, 1.82) is 0 Å². The average Bonchev–Trinajstić information content (AvgIpc) is 2.76. The monoisotopic (exact) mass is 452 g/mol. The molecule has 0 atom stereocenters. The van der Waals surface area contributed by atoms with Crippen molar-refractivity contribution < 1.29 is 42.1 Å². The van der Waals surface area contributed by atoms with Crippen LogP contribution in [0.15, 0.2) is 36.4 Å². The van der Waals surface area contributed by atoms with Crippen LogP contribution < -0.4 is 24.8 Å². The van der Waals surface area contributed by atoms with Crippen LogP contribution in [0.25, 0.3) is 0 Å². The van der Waals surface area contributed by atoms with E-state index in [1.54, 1.807) is 12.1 Å². The summed E-state index contributed by atoms with van der Waals surface area (Å²) in [6.07, 6.45) is 0. The first kappa shape index (κ1) is 24.4. The summed E-state index contributed by atoms with van der Waals surface area (Å²) in [4.78, 5) is 36.2. The molecule has 0 unspecified atom stereocenters. The molecule has 0 aliphatic rings. The number of amides is 2. The number of benzene rings is 2. The summed E-state index contributed by atoms with van der Waals surface area (Å²) in [6, 6.07) is 9.08. The molecule has 172 valence electrons. The fourth-order valence-corrected chi connectivity index (χ4v) is 2.60. The van der Waals surface area contributed by atoms with E-state index in [0.29, 0.717) is 11.4 Å². The fraction of sp³-hybridized carbons (Fsp3) is 0.286. The van der Waals surface area contributed by atoms with Gasteiger partial charge in [-0.15, -0.1) is 0 Å². The van der Waals surface area contributed by atoms with Crippen LogP contribution in [0.3, 0.4) is 0 Å². The summed E-state index contributed by atoms with van der Waals surface area (Å²) < 4.78 is 44.5. The molecule has 32 heavy (non-hydrogen) atoms. The lowest BCUT2D eigenvalue weighted by Crippen LogP contribution is -2.35. The van der Waals surface area contributed by atoms with Gasteiger partial charge in [-0.1, -0.05) is 12.1 Å². The maximum absolute atomic E-state index is 12.7. The molecule has 0 radical (unpaired) electrons. The number of hydrogen-bond donors (Lipinski definition) is 2. The Morgan fingerprint density at radius 3 is 2.38 bits per heavy atom. The van der Waals surface area contributed by atoms with Crippen LogP contribution >= 0.6 is 0 Å². The van der Waals surface area contributed by atoms with Gasteiger partial charge in [-0.25, -0.2) is 4.79 Å². The number of rotatable bonds is 10. The first-order valence-corrected chi connectivity index (χ1v) is 9.25. The Labute approximate surface area is 182 Å². The van der Waals surface area contributed by atoms with Crippen LogP contribution in [0.4, 0.5) is 14.5 Å². The Morgan fingerprint density at radius 1 is 1.00 bits per heavy atom. The van der Waals surface area contributed by atoms with E-state index < -0.39 is 43.3 Å². The minimum atomic E-state index is -3.20. The maximum atomic E-state index is 12.7. The number of alkyl halides is 2. The zero-order valence-electron chi connectivity index (χ0n) is 17.6. The number of halogens is 2. The van der Waals surface area contributed by atoms with Gasteiger partial charge in [-0.3, -0.25) is 9.59 Å². The Kier molecular flexibility index (Phi) is 8.75. The molecule has 9 nitrogen and oxygen atoms in total. The number of anilines is 1. The van der Waals surface area contributed by atoms with E-state index >= 15 is 0 Å². The predicted molar refractivity (Wildman–Crippen MR) is 109 cm³/mol. The molecule has 11 heteroatoms. The van der Waals surface area contributed by atoms with E-state index in [2.05, 4.69) is 15.4 Å². The summed E-state index contributed by atoms with van der Waals surface area (Å²) in [5.74, 6) is -2.56. The number of para-hydroxylation sites is 1. The second-order valence-corrected chi connectivity index (χ2v) is 6.32. The highest BCUT2D eigenvalue weighted by Crippen LogP contribution is 2.32. The molecule has 0 spiro atoms. The molecule has 2 rings (SSSR count). The largest absolute Gasteiger partial charge is 0.495 e. The van der Waals surface area contributed by atoms with Crippen molar-refractivity contribution >= 4 is 23.5 Å². The molecule has 0 aliphatic heterocycles. The Bertz CT molecular complexity index is 983. The smallest absolute Gasteiger partial charge is 0.387 e. The van der Waals surface area contributed by atoms with Gasteiger partial charge in [0.2, 0.25) is 5.91 Å². The molecule has 0 aliphatic carbocycles. The van der Waals surface area contributed by atoms with Crippen LogP contribution in [-0.2, 0) is 14.3 Å². The topological polar surface area (TPSA) is 112 Å². The highest BCUT2D eigenvalue weighted by Gasteiger charge is 2.22. The molecule has 2 N–H and O–H groups in total. The fourth-order valence-electron chi connectivity index (χ4n) is 2.60. The molecule has 0 aromatic heterocycles. The van der Waals surface area contributed by atoms with Gasteiger partial charge in [0.25, 0.3) is 5.91 Å². The van der Waals surface area contributed by atoms with Crippen LogP contribution in [0, 0.1) is 6.92 Å². The quantitative estimate of drug-likeness (QED) is 0.533. The molecule has 0 bridgehead atoms. The lowest BCUT2D eigenvalue weighted by Gasteiger charge is -2.14. The number of aryl methyl sites for hydroxylation is 1. The van der Waals surface area contributed by atoms with Crippen LogP contribution in [0.1, 0.15) is 15.9 Å². The van der Waals surface area contributed by atoms with Crippen LogP contribution in [-0.4, -0.2) is 51.8 Å². The number of methoxy groups -OCH3 is 2. The lowest BCUT2D eigenvalue weighted by molar-refractivity contribution is -0.126. The van der Waals surface area contributed by atoms with Gasteiger partial charge < -0.3 is 29.6 Å². The molecular weight excluding hydrogens is 430 g/mol. The van der Waals surface area contributed by atoms with E-state index in [1.165, 1.54) is 32.4 Å². The molecule has 0 heterocycles. The van der Waals surface area contributed by atoms with Crippen molar-refractivity contribution in [2.45, 2.75) is 13.5 Å². The van der Waals surface area contributed by atoms with Crippen molar-refractivity contribution in [3.05, 3.63) is 47.5 Å². The van der Waals surface area contributed by atoms with E-state index in [0.717, 1.165) is 5.56 Å². The summed E-state index contributed by atoms with van der Waals surface area (Å²) >= 11 is 0. The summed E-state index contributed by atoms with van der Waals surface area (Å²) in [5, 5.41) is 4.88. The van der Waals surface area contributed by atoms with Gasteiger partial charge in [-0.2, -0.15) is 8.78 Å². The molecule has 0 saturated carbocycles. The number of nitrogens with one attached hydrogen (secondary N) is 2. The zero-order valence-corrected chi connectivity index (χ0v) is 17.6. The predicted octanol–water partition coefficient (Wildman–Crippen LogP) is 2.53. The second-order valence-electron chi connectivity index (χ2n) is 6.32. The van der Waals surface area contributed by atoms with Gasteiger partial charge in [0, 0.05) is 0 Å². The number of ether oxygens (including phenoxy) is 4. The van der Waals surface area contributed by atoms with E-state index in [1.807, 2.05) is 13.0 Å². The van der Waals surface area contributed by atoms with Gasteiger partial charge in [0.15, 0.2) is 18.1 Å². The summed E-state index contributed by atoms with van der Waals surface area (Å²) in [5.41, 5.74) is 0.981. The first-order valence-electron chi connectivity index (χ1n) is 9.25. The molecular formula is C21H22F2N2O7. The average molecular weight is 452 g/mol. The summed E-state index contributed by atoms with van der Waals surface area (Å²) in [6.45, 7) is -2.50. The third-order valence-electron chi connectivity index (χ3n) is 4.04. The van der Waals surface area contributed by atoms with Crippen molar-refractivity contribution in [3.63, 3.8) is 0 Å². The molecule has 2 aromatic carbocycles. The molecule has 2 aromatic rings. The SMILES string of the molecule is COc1ccc(C)cc1NC(=O)CNC(=O)COC(=O)c1cccc(OC)c1OC(F)F. The van der Waals surface area contributed by atoms with E-state index in [4.69, 9.17) is 14.2 Å². The minimum absolute atomic E-state index is 0.104. The lowest BCUT2D eigenvalue weighted by atomic mass is 10.2. The second kappa shape index (κ2) is 11.5. The standard InChI is InChI=1S/C21H22F2N2O7/c1-12-7-8-15(29-2)14(9-12)25-17(26)10-24-18(27)11-31-20(28)13-5-4-6-16(30-3)19(13)32-21(22)23/h4-9,21H,10-11H2,1-3H3,(H,24,27)(H,25,26). The van der Waals surface area contributed by atoms with E-state index in [9.17, 15) is 23.2 Å². The molecule has 0 saturated heterocycles. The third kappa shape index (κ3) is 6.83. The Hall–Kier alpha value is -3.89. The zero-order chi connectivity index (χ0) is 23.7. The van der Waals surface area contributed by atoms with E-state index in [-0.39, 0.29) is 11.3 Å². The normalized spacial score (nSPS) is 10.3. The van der Waals surface area contributed by atoms with Crippen LogP contribution in [0.5, 0.6) is 17.2 Å². The van der Waals surface area contributed by atoms with Crippen molar-refractivity contribution in [3.8, 4) is 17.2 Å². The Balaban J connectivity index is 1.90.